The van der Waals surface area contributed by atoms with Crippen molar-refractivity contribution in [2.75, 3.05) is 0 Å². The second-order valence-corrected chi connectivity index (χ2v) is 5.78. The number of nitrogens with zero attached hydrogens (tertiary/aromatic N) is 2. The maximum atomic E-state index is 12.2. The first-order valence-electron chi connectivity index (χ1n) is 6.96. The summed E-state index contributed by atoms with van der Waals surface area (Å²) in [4.78, 5) is 12.2. The monoisotopic (exact) mass is 334 g/mol. The van der Waals surface area contributed by atoms with Gasteiger partial charge in [0.15, 0.2) is 5.78 Å². The molecule has 2 aromatic rings. The number of benzene rings is 1. The van der Waals surface area contributed by atoms with E-state index in [4.69, 9.17) is 0 Å². The third kappa shape index (κ3) is 3.57. The van der Waals surface area contributed by atoms with Crippen LogP contribution in [0.1, 0.15) is 48.8 Å². The van der Waals surface area contributed by atoms with Crippen LogP contribution in [0.5, 0.6) is 0 Å². The second-order valence-electron chi connectivity index (χ2n) is 4.87. The lowest BCUT2D eigenvalue weighted by atomic mass is 10.1. The fourth-order valence-electron chi connectivity index (χ4n) is 2.27. The van der Waals surface area contributed by atoms with E-state index < -0.39 is 0 Å². The van der Waals surface area contributed by atoms with Gasteiger partial charge in [0.25, 0.3) is 0 Å². The van der Waals surface area contributed by atoms with Gasteiger partial charge >= 0.3 is 0 Å². The molecular formula is C16H19BrN2O. The molecule has 0 aliphatic heterocycles. The van der Waals surface area contributed by atoms with Gasteiger partial charge in [0.1, 0.15) is 0 Å². The minimum absolute atomic E-state index is 0.0982. The Bertz CT molecular complexity index is 588. The van der Waals surface area contributed by atoms with Crippen molar-refractivity contribution in [3.8, 4) is 0 Å². The Morgan fingerprint density at radius 2 is 2.05 bits per heavy atom. The van der Waals surface area contributed by atoms with Crippen molar-refractivity contribution >= 4 is 21.7 Å². The van der Waals surface area contributed by atoms with Crippen LogP contribution in [0.3, 0.4) is 0 Å². The number of rotatable bonds is 6. The summed E-state index contributed by atoms with van der Waals surface area (Å²) in [6, 6.07) is 9.84. The van der Waals surface area contributed by atoms with Gasteiger partial charge in [-0.3, -0.25) is 9.48 Å². The molecule has 0 fully saturated rings. The van der Waals surface area contributed by atoms with Gasteiger partial charge in [-0.2, -0.15) is 5.10 Å². The summed E-state index contributed by atoms with van der Waals surface area (Å²) in [7, 11) is 0. The zero-order valence-corrected chi connectivity index (χ0v) is 13.4. The maximum Gasteiger partial charge on any atom is 0.168 e. The lowest BCUT2D eigenvalue weighted by molar-refractivity contribution is 0.0991. The normalized spacial score (nSPS) is 11.0. The third-order valence-corrected chi connectivity index (χ3v) is 3.96. The van der Waals surface area contributed by atoms with Crippen LogP contribution >= 0.6 is 15.9 Å². The zero-order chi connectivity index (χ0) is 14.5. The van der Waals surface area contributed by atoms with Crippen LogP contribution in [0.15, 0.2) is 41.0 Å². The molecule has 0 N–H and O–H groups in total. The van der Waals surface area contributed by atoms with Gasteiger partial charge in [-0.1, -0.05) is 41.9 Å². The molecule has 0 radical (unpaired) electrons. The Kier molecular flexibility index (Phi) is 5.12. The predicted octanol–water partition coefficient (Wildman–Crippen LogP) is 4.43. The van der Waals surface area contributed by atoms with Crippen molar-refractivity contribution in [1.82, 2.24) is 9.78 Å². The molecule has 2 rings (SSSR count). The summed E-state index contributed by atoms with van der Waals surface area (Å²) in [6.45, 7) is 4.31. The molecule has 0 bridgehead atoms. The van der Waals surface area contributed by atoms with Crippen LogP contribution in [-0.4, -0.2) is 15.6 Å². The summed E-state index contributed by atoms with van der Waals surface area (Å²) in [5.41, 5.74) is 1.55. The van der Waals surface area contributed by atoms with Crippen molar-refractivity contribution in [2.24, 2.45) is 0 Å². The molecule has 1 aromatic heterocycles. The van der Waals surface area contributed by atoms with E-state index in [1.807, 2.05) is 41.2 Å². The molecule has 0 saturated carbocycles. The summed E-state index contributed by atoms with van der Waals surface area (Å²) in [6.07, 6.45) is 4.43. The molecule has 0 aliphatic rings. The summed E-state index contributed by atoms with van der Waals surface area (Å²) in [5.74, 6) is 0.0982. The minimum atomic E-state index is 0.0982. The number of Topliss-reactive ketones (excluding diaryl/α,β-unsaturated/α-hetero) is 1. The lowest BCUT2D eigenvalue weighted by Gasteiger charge is -2.12. The van der Waals surface area contributed by atoms with E-state index in [1.54, 1.807) is 0 Å². The smallest absolute Gasteiger partial charge is 0.168 e. The lowest BCUT2D eigenvalue weighted by Crippen LogP contribution is -2.09. The number of aromatic nitrogens is 2. The topological polar surface area (TPSA) is 34.9 Å². The highest BCUT2D eigenvalue weighted by molar-refractivity contribution is 9.10. The molecule has 0 atom stereocenters. The number of hydrogen-bond acceptors (Lipinski definition) is 2. The molecular weight excluding hydrogens is 316 g/mol. The predicted molar refractivity (Wildman–Crippen MR) is 84.0 cm³/mol. The first-order valence-corrected chi connectivity index (χ1v) is 7.76. The molecule has 0 unspecified atom stereocenters. The molecule has 0 amide bonds. The first kappa shape index (κ1) is 15.0. The molecule has 4 heteroatoms. The Morgan fingerprint density at radius 1 is 1.30 bits per heavy atom. The highest BCUT2D eigenvalue weighted by Gasteiger charge is 2.12. The standard InChI is InChI=1S/C16H19BrN2O/c1-3-15(4-2)19-9-8-14(18-19)11-16(20)12-6-5-7-13(17)10-12/h5-10,15H,3-4,11H2,1-2H3. The SMILES string of the molecule is CCC(CC)n1ccc(CC(=O)c2cccc(Br)c2)n1. The van der Waals surface area contributed by atoms with Crippen molar-refractivity contribution in [3.05, 3.63) is 52.3 Å². The molecule has 1 heterocycles. The van der Waals surface area contributed by atoms with Crippen LogP contribution in [0.2, 0.25) is 0 Å². The third-order valence-electron chi connectivity index (χ3n) is 3.47. The molecule has 20 heavy (non-hydrogen) atoms. The van der Waals surface area contributed by atoms with Gasteiger partial charge in [0.2, 0.25) is 0 Å². The molecule has 0 saturated heterocycles. The quantitative estimate of drug-likeness (QED) is 0.732. The van der Waals surface area contributed by atoms with E-state index >= 15 is 0 Å². The first-order chi connectivity index (χ1) is 9.63. The van der Waals surface area contributed by atoms with Gasteiger partial charge in [0, 0.05) is 16.2 Å². The Morgan fingerprint density at radius 3 is 2.70 bits per heavy atom. The number of hydrogen-bond donors (Lipinski definition) is 0. The average molecular weight is 335 g/mol. The van der Waals surface area contributed by atoms with E-state index in [-0.39, 0.29) is 5.78 Å². The van der Waals surface area contributed by atoms with Crippen molar-refractivity contribution in [2.45, 2.75) is 39.2 Å². The van der Waals surface area contributed by atoms with Gasteiger partial charge in [-0.15, -0.1) is 0 Å². The second kappa shape index (κ2) is 6.84. The summed E-state index contributed by atoms with van der Waals surface area (Å²) < 4.78 is 2.90. The minimum Gasteiger partial charge on any atom is -0.294 e. The molecule has 1 aromatic carbocycles. The Labute approximate surface area is 128 Å². The maximum absolute atomic E-state index is 12.2. The van der Waals surface area contributed by atoms with Crippen LogP contribution in [0.4, 0.5) is 0 Å². The number of carbonyl (C=O) groups excluding carboxylic acids is 1. The number of ketones is 1. The number of halogens is 1. The fourth-order valence-corrected chi connectivity index (χ4v) is 2.67. The van der Waals surface area contributed by atoms with Crippen LogP contribution in [0.25, 0.3) is 0 Å². The van der Waals surface area contributed by atoms with Gasteiger partial charge in [0.05, 0.1) is 18.2 Å². The largest absolute Gasteiger partial charge is 0.294 e. The van der Waals surface area contributed by atoms with E-state index in [9.17, 15) is 4.79 Å². The highest BCUT2D eigenvalue weighted by Crippen LogP contribution is 2.16. The fraction of sp³-hybridized carbons (Fsp3) is 0.375. The molecule has 106 valence electrons. The van der Waals surface area contributed by atoms with Crippen LogP contribution < -0.4 is 0 Å². The molecule has 3 nitrogen and oxygen atoms in total. The Balaban J connectivity index is 2.09. The average Bonchev–Trinajstić information content (AvgIpc) is 2.88. The molecule has 0 aliphatic carbocycles. The van der Waals surface area contributed by atoms with E-state index in [0.29, 0.717) is 12.5 Å². The van der Waals surface area contributed by atoms with E-state index in [2.05, 4.69) is 34.9 Å². The van der Waals surface area contributed by atoms with Crippen LogP contribution in [0, 0.1) is 0 Å². The van der Waals surface area contributed by atoms with Crippen molar-refractivity contribution < 1.29 is 4.79 Å². The van der Waals surface area contributed by atoms with Gasteiger partial charge in [-0.05, 0) is 31.0 Å². The van der Waals surface area contributed by atoms with Crippen molar-refractivity contribution in [1.29, 1.82) is 0 Å². The van der Waals surface area contributed by atoms with Crippen LogP contribution in [-0.2, 0) is 6.42 Å². The highest BCUT2D eigenvalue weighted by atomic mass is 79.9. The van der Waals surface area contributed by atoms with Gasteiger partial charge in [-0.25, -0.2) is 0 Å². The zero-order valence-electron chi connectivity index (χ0n) is 11.8. The Hall–Kier alpha value is -1.42. The molecule has 0 spiro atoms. The van der Waals surface area contributed by atoms with E-state index in [0.717, 1.165) is 28.6 Å². The van der Waals surface area contributed by atoms with Crippen molar-refractivity contribution in [3.63, 3.8) is 0 Å². The number of carbonyl (C=O) groups is 1. The summed E-state index contributed by atoms with van der Waals surface area (Å²) in [5, 5.41) is 4.52. The van der Waals surface area contributed by atoms with E-state index in [1.165, 1.54) is 0 Å². The summed E-state index contributed by atoms with van der Waals surface area (Å²) >= 11 is 3.39. The van der Waals surface area contributed by atoms with Gasteiger partial charge < -0.3 is 0 Å².